The SMILES string of the molecule is CCC(C)[C@H](N)C(=O)NCc1ccc(OC)c(OC)c1. The number of rotatable bonds is 7. The fraction of sp³-hybridized carbons (Fsp3) is 0.533. The first-order valence-corrected chi connectivity index (χ1v) is 6.77. The second kappa shape index (κ2) is 7.75. The molecule has 1 amide bonds. The Hall–Kier alpha value is -1.75. The Morgan fingerprint density at radius 3 is 2.50 bits per heavy atom. The van der Waals surface area contributed by atoms with E-state index in [0.717, 1.165) is 12.0 Å². The van der Waals surface area contributed by atoms with Crippen molar-refractivity contribution in [2.45, 2.75) is 32.9 Å². The highest BCUT2D eigenvalue weighted by molar-refractivity contribution is 5.81. The number of amides is 1. The molecule has 0 fully saturated rings. The van der Waals surface area contributed by atoms with Gasteiger partial charge in [0.2, 0.25) is 5.91 Å². The molecule has 3 N–H and O–H groups in total. The van der Waals surface area contributed by atoms with E-state index in [9.17, 15) is 4.79 Å². The van der Waals surface area contributed by atoms with Gasteiger partial charge in [0.1, 0.15) is 0 Å². The minimum Gasteiger partial charge on any atom is -0.493 e. The Labute approximate surface area is 120 Å². The number of nitrogens with one attached hydrogen (secondary N) is 1. The molecule has 112 valence electrons. The molecule has 20 heavy (non-hydrogen) atoms. The molecule has 0 radical (unpaired) electrons. The Morgan fingerprint density at radius 1 is 1.30 bits per heavy atom. The molecule has 0 spiro atoms. The second-order valence-electron chi connectivity index (χ2n) is 4.82. The molecule has 0 saturated heterocycles. The number of methoxy groups -OCH3 is 2. The van der Waals surface area contributed by atoms with Crippen molar-refractivity contribution in [1.82, 2.24) is 5.32 Å². The highest BCUT2D eigenvalue weighted by Crippen LogP contribution is 2.27. The van der Waals surface area contributed by atoms with E-state index >= 15 is 0 Å². The van der Waals surface area contributed by atoms with Gasteiger partial charge in [-0.25, -0.2) is 0 Å². The predicted octanol–water partition coefficient (Wildman–Crippen LogP) is 1.69. The van der Waals surface area contributed by atoms with Gasteiger partial charge in [0, 0.05) is 6.54 Å². The number of carbonyl (C=O) groups is 1. The van der Waals surface area contributed by atoms with Gasteiger partial charge < -0.3 is 20.5 Å². The van der Waals surface area contributed by atoms with E-state index in [0.29, 0.717) is 18.0 Å². The summed E-state index contributed by atoms with van der Waals surface area (Å²) in [4.78, 5) is 11.9. The lowest BCUT2D eigenvalue weighted by Gasteiger charge is -2.18. The summed E-state index contributed by atoms with van der Waals surface area (Å²) < 4.78 is 10.4. The van der Waals surface area contributed by atoms with Gasteiger partial charge in [-0.1, -0.05) is 26.3 Å². The van der Waals surface area contributed by atoms with Crippen LogP contribution in [0, 0.1) is 5.92 Å². The van der Waals surface area contributed by atoms with Crippen LogP contribution in [0.25, 0.3) is 0 Å². The molecule has 0 aliphatic rings. The zero-order valence-corrected chi connectivity index (χ0v) is 12.6. The molecule has 5 heteroatoms. The van der Waals surface area contributed by atoms with Crippen LogP contribution in [0.3, 0.4) is 0 Å². The fourth-order valence-electron chi connectivity index (χ4n) is 1.81. The van der Waals surface area contributed by atoms with Crippen molar-refractivity contribution in [3.8, 4) is 11.5 Å². The average molecular weight is 280 g/mol. The molecule has 1 unspecified atom stereocenters. The molecule has 0 aliphatic heterocycles. The summed E-state index contributed by atoms with van der Waals surface area (Å²) in [7, 11) is 3.17. The largest absolute Gasteiger partial charge is 0.493 e. The van der Waals surface area contributed by atoms with Crippen molar-refractivity contribution >= 4 is 5.91 Å². The summed E-state index contributed by atoms with van der Waals surface area (Å²) in [6, 6.07) is 5.07. The van der Waals surface area contributed by atoms with E-state index in [2.05, 4.69) is 5.32 Å². The fourth-order valence-corrected chi connectivity index (χ4v) is 1.81. The Morgan fingerprint density at radius 2 is 1.95 bits per heavy atom. The van der Waals surface area contributed by atoms with E-state index in [-0.39, 0.29) is 11.8 Å². The van der Waals surface area contributed by atoms with Crippen LogP contribution in [-0.4, -0.2) is 26.2 Å². The highest BCUT2D eigenvalue weighted by atomic mass is 16.5. The van der Waals surface area contributed by atoms with Gasteiger partial charge >= 0.3 is 0 Å². The van der Waals surface area contributed by atoms with Crippen molar-refractivity contribution < 1.29 is 14.3 Å². The summed E-state index contributed by atoms with van der Waals surface area (Å²) in [6.07, 6.45) is 0.880. The number of benzene rings is 1. The van der Waals surface area contributed by atoms with E-state index in [1.807, 2.05) is 32.0 Å². The van der Waals surface area contributed by atoms with Crippen LogP contribution in [0.5, 0.6) is 11.5 Å². The molecule has 2 atom stereocenters. The van der Waals surface area contributed by atoms with Crippen LogP contribution in [-0.2, 0) is 11.3 Å². The third-order valence-corrected chi connectivity index (χ3v) is 3.47. The Balaban J connectivity index is 2.64. The summed E-state index contributed by atoms with van der Waals surface area (Å²) in [5, 5.41) is 2.84. The second-order valence-corrected chi connectivity index (χ2v) is 4.82. The van der Waals surface area contributed by atoms with E-state index in [1.54, 1.807) is 14.2 Å². The van der Waals surface area contributed by atoms with Crippen LogP contribution < -0.4 is 20.5 Å². The molecular formula is C15H24N2O3. The Bertz CT molecular complexity index is 449. The monoisotopic (exact) mass is 280 g/mol. The number of carbonyl (C=O) groups excluding carboxylic acids is 1. The molecule has 1 rings (SSSR count). The van der Waals surface area contributed by atoms with Crippen molar-refractivity contribution in [1.29, 1.82) is 0 Å². The van der Waals surface area contributed by atoms with Crippen LogP contribution in [0.1, 0.15) is 25.8 Å². The van der Waals surface area contributed by atoms with Crippen molar-refractivity contribution in [2.75, 3.05) is 14.2 Å². The first kappa shape index (κ1) is 16.3. The maximum absolute atomic E-state index is 11.9. The molecule has 1 aromatic rings. The van der Waals surface area contributed by atoms with Crippen LogP contribution in [0.15, 0.2) is 18.2 Å². The molecule has 0 aliphatic carbocycles. The Kier molecular flexibility index (Phi) is 6.31. The van der Waals surface area contributed by atoms with Crippen LogP contribution >= 0.6 is 0 Å². The molecule has 1 aromatic carbocycles. The van der Waals surface area contributed by atoms with Gasteiger partial charge in [-0.15, -0.1) is 0 Å². The number of nitrogens with two attached hydrogens (primary N) is 1. The molecule has 0 heterocycles. The number of ether oxygens (including phenoxy) is 2. The van der Waals surface area contributed by atoms with Gasteiger partial charge in [0.05, 0.1) is 20.3 Å². The maximum Gasteiger partial charge on any atom is 0.237 e. The lowest BCUT2D eigenvalue weighted by Crippen LogP contribution is -2.44. The lowest BCUT2D eigenvalue weighted by molar-refractivity contribution is -0.123. The summed E-state index contributed by atoms with van der Waals surface area (Å²) in [5.41, 5.74) is 6.82. The van der Waals surface area contributed by atoms with Gasteiger partial charge in [-0.05, 0) is 23.6 Å². The summed E-state index contributed by atoms with van der Waals surface area (Å²) in [6.45, 7) is 4.41. The average Bonchev–Trinajstić information content (AvgIpc) is 2.50. The maximum atomic E-state index is 11.9. The zero-order valence-electron chi connectivity index (χ0n) is 12.6. The van der Waals surface area contributed by atoms with Crippen molar-refractivity contribution in [3.05, 3.63) is 23.8 Å². The first-order valence-electron chi connectivity index (χ1n) is 6.77. The highest BCUT2D eigenvalue weighted by Gasteiger charge is 2.18. The zero-order chi connectivity index (χ0) is 15.1. The molecule has 0 saturated carbocycles. The van der Waals surface area contributed by atoms with Crippen LogP contribution in [0.4, 0.5) is 0 Å². The predicted molar refractivity (Wildman–Crippen MR) is 78.8 cm³/mol. The normalized spacial score (nSPS) is 13.4. The standard InChI is InChI=1S/C15H24N2O3/c1-5-10(2)14(16)15(18)17-9-11-6-7-12(19-3)13(8-11)20-4/h6-8,10,14H,5,9,16H2,1-4H3,(H,17,18)/t10?,14-/m0/s1. The molecule has 0 bridgehead atoms. The molecule has 0 aromatic heterocycles. The van der Waals surface area contributed by atoms with Gasteiger partial charge in [0.25, 0.3) is 0 Å². The number of hydrogen-bond acceptors (Lipinski definition) is 4. The third kappa shape index (κ3) is 4.13. The lowest BCUT2D eigenvalue weighted by atomic mass is 9.99. The number of hydrogen-bond donors (Lipinski definition) is 2. The van der Waals surface area contributed by atoms with Gasteiger partial charge in [0.15, 0.2) is 11.5 Å². The third-order valence-electron chi connectivity index (χ3n) is 3.47. The minimum atomic E-state index is -0.472. The van der Waals surface area contributed by atoms with E-state index < -0.39 is 6.04 Å². The van der Waals surface area contributed by atoms with E-state index in [4.69, 9.17) is 15.2 Å². The smallest absolute Gasteiger partial charge is 0.237 e. The first-order chi connectivity index (χ1) is 9.53. The summed E-state index contributed by atoms with van der Waals surface area (Å²) >= 11 is 0. The minimum absolute atomic E-state index is 0.130. The molecular weight excluding hydrogens is 256 g/mol. The topological polar surface area (TPSA) is 73.6 Å². The van der Waals surface area contributed by atoms with Gasteiger partial charge in [-0.3, -0.25) is 4.79 Å². The van der Waals surface area contributed by atoms with Crippen molar-refractivity contribution in [3.63, 3.8) is 0 Å². The van der Waals surface area contributed by atoms with Crippen molar-refractivity contribution in [2.24, 2.45) is 11.7 Å². The van der Waals surface area contributed by atoms with Crippen LogP contribution in [0.2, 0.25) is 0 Å². The molecule has 5 nitrogen and oxygen atoms in total. The quantitative estimate of drug-likeness (QED) is 0.797. The van der Waals surface area contributed by atoms with Gasteiger partial charge in [-0.2, -0.15) is 0 Å². The van der Waals surface area contributed by atoms with E-state index in [1.165, 1.54) is 0 Å². The summed E-state index contributed by atoms with van der Waals surface area (Å²) in [5.74, 6) is 1.35.